The first kappa shape index (κ1) is 26.3. The van der Waals surface area contributed by atoms with Crippen LogP contribution in [-0.2, 0) is 0 Å². The van der Waals surface area contributed by atoms with Gasteiger partial charge in [-0.15, -0.1) is 0 Å². The number of aryl methyl sites for hydroxylation is 1. The number of benzene rings is 3. The normalized spacial score (nSPS) is 11.6. The highest BCUT2D eigenvalue weighted by Gasteiger charge is 2.20. The predicted octanol–water partition coefficient (Wildman–Crippen LogP) is 6.97. The summed E-state index contributed by atoms with van der Waals surface area (Å²) in [6.07, 6.45) is 3.34. The molecule has 5 nitrogen and oxygen atoms in total. The minimum absolute atomic E-state index is 0.421. The number of nitrogens with one attached hydrogen (secondary N) is 1. The number of hydrogen-bond donors (Lipinski definition) is 0. The molecule has 0 unspecified atom stereocenters. The zero-order chi connectivity index (χ0) is 27.1. The number of nitrogens with zero attached hydrogens (tertiary/aromatic N) is 1. The van der Waals surface area contributed by atoms with Crippen LogP contribution in [-0.4, -0.2) is 13.2 Å². The van der Waals surface area contributed by atoms with Gasteiger partial charge in [0.15, 0.2) is 12.4 Å². The third-order valence-electron chi connectivity index (χ3n) is 5.20. The van der Waals surface area contributed by atoms with Crippen molar-refractivity contribution in [3.05, 3.63) is 120 Å². The summed E-state index contributed by atoms with van der Waals surface area (Å²) in [5, 5.41) is 1.74. The lowest BCUT2D eigenvalue weighted by Crippen LogP contribution is -2.12. The lowest BCUT2D eigenvalue weighted by molar-refractivity contribution is -0.378. The lowest BCUT2D eigenvalue weighted by atomic mass is 10.1. The summed E-state index contributed by atoms with van der Waals surface area (Å²) in [5.74, 6) is 0.780. The van der Waals surface area contributed by atoms with E-state index in [0.717, 1.165) is 38.9 Å². The maximum absolute atomic E-state index is 12.3. The molecule has 0 saturated heterocycles. The van der Waals surface area contributed by atoms with Crippen LogP contribution in [0.5, 0.6) is 5.75 Å². The highest BCUT2D eigenvalue weighted by atomic mass is 19.5. The minimum atomic E-state index is -6.00. The van der Waals surface area contributed by atoms with E-state index in [0.29, 0.717) is 11.3 Å². The van der Waals surface area contributed by atoms with Crippen LogP contribution < -0.4 is 15.1 Å². The van der Waals surface area contributed by atoms with Crippen LogP contribution in [0.1, 0.15) is 15.9 Å². The molecule has 0 fully saturated rings. The Morgan fingerprint density at radius 1 is 0.895 bits per heavy atom. The molecule has 0 aliphatic carbocycles. The summed E-state index contributed by atoms with van der Waals surface area (Å²) in [7, 11) is -6.00. The second kappa shape index (κ2) is 11.6. The van der Waals surface area contributed by atoms with Crippen molar-refractivity contribution in [3.8, 4) is 17.1 Å². The van der Waals surface area contributed by atoms with E-state index in [1.165, 1.54) is 0 Å². The molecule has 0 amide bonds. The fourth-order valence-corrected chi connectivity index (χ4v) is 3.53. The molecule has 0 bridgehead atoms. The van der Waals surface area contributed by atoms with Gasteiger partial charge in [-0.1, -0.05) is 42.0 Å². The van der Waals surface area contributed by atoms with Gasteiger partial charge in [0.1, 0.15) is 22.7 Å². The zero-order valence-corrected chi connectivity index (χ0v) is 20.1. The monoisotopic (exact) mass is 520 g/mol. The number of hydrogen-bond acceptors (Lipinski definition) is 4. The quantitative estimate of drug-likeness (QED) is 0.111. The second-order valence-corrected chi connectivity index (χ2v) is 8.14. The summed E-state index contributed by atoms with van der Waals surface area (Å²) < 4.78 is 50.6. The van der Waals surface area contributed by atoms with Crippen LogP contribution in [0.15, 0.2) is 113 Å². The van der Waals surface area contributed by atoms with Gasteiger partial charge in [0.2, 0.25) is 0 Å². The third-order valence-corrected chi connectivity index (χ3v) is 5.20. The Bertz CT molecular complexity index is 1600. The molecule has 1 N–H and O–H groups in total. The first-order chi connectivity index (χ1) is 18.2. The molecule has 3 aromatic carbocycles. The van der Waals surface area contributed by atoms with Crippen LogP contribution in [0.3, 0.4) is 0 Å². The first-order valence-corrected chi connectivity index (χ1v) is 11.5. The highest BCUT2D eigenvalue weighted by molar-refractivity contribution is 6.50. The summed E-state index contributed by atoms with van der Waals surface area (Å²) in [5.41, 5.74) is 4.08. The first-order valence-electron chi connectivity index (χ1n) is 11.5. The van der Waals surface area contributed by atoms with E-state index in [9.17, 15) is 22.1 Å². The molecule has 0 atom stereocenters. The summed E-state index contributed by atoms with van der Waals surface area (Å²) in [6.45, 7) is 2.04. The third kappa shape index (κ3) is 7.39. The van der Waals surface area contributed by atoms with Crippen molar-refractivity contribution >= 4 is 29.9 Å². The average molecular weight is 520 g/mol. The molecule has 0 aliphatic rings. The van der Waals surface area contributed by atoms with Gasteiger partial charge >= 0.3 is 13.2 Å². The standard InChI is InChI=1S/C28H20N2O3.BF4/c1-19-9-14-26-24(16-19)25(17-27(33-26)20-6-3-2-4-7-20)30-22-10-12-23(13-11-22)32-28(31)21-8-5-15-29-18-21;2-1(3,4)5/h2-18H,1H3;/q;-1/p+1. The molecular weight excluding hydrogens is 499 g/mol. The van der Waals surface area contributed by atoms with E-state index in [-0.39, 0.29) is 0 Å². The molecule has 0 spiro atoms. The largest absolute Gasteiger partial charge is 0.673 e. The van der Waals surface area contributed by atoms with Crippen molar-refractivity contribution in [1.82, 2.24) is 0 Å². The number of esters is 1. The Balaban J connectivity index is 0.000000617. The molecule has 2 aromatic heterocycles. The van der Waals surface area contributed by atoms with Crippen LogP contribution in [0.4, 0.5) is 23.0 Å². The highest BCUT2D eigenvalue weighted by Crippen LogP contribution is 2.24. The molecule has 192 valence electrons. The Morgan fingerprint density at radius 3 is 2.26 bits per heavy atom. The number of H-pyrrole nitrogens is 1. The number of ether oxygens (including phenoxy) is 1. The van der Waals surface area contributed by atoms with E-state index in [4.69, 9.17) is 14.1 Å². The van der Waals surface area contributed by atoms with Gasteiger partial charge in [0.05, 0.1) is 11.0 Å². The number of pyridine rings is 1. The van der Waals surface area contributed by atoms with Crippen molar-refractivity contribution < 1.29 is 36.2 Å². The number of fused-ring (bicyclic) bond motifs is 1. The van der Waals surface area contributed by atoms with Crippen LogP contribution in [0, 0.1) is 6.92 Å². The van der Waals surface area contributed by atoms with Gasteiger partial charge in [-0.2, -0.15) is 0 Å². The molecule has 5 rings (SSSR count). The number of rotatable bonds is 4. The average Bonchev–Trinajstić information content (AvgIpc) is 2.90. The Kier molecular flexibility index (Phi) is 8.01. The Morgan fingerprint density at radius 2 is 1.61 bits per heavy atom. The van der Waals surface area contributed by atoms with E-state index >= 15 is 0 Å². The number of aromatic nitrogens is 1. The molecule has 0 aliphatic heterocycles. The van der Waals surface area contributed by atoms with Crippen LogP contribution in [0.2, 0.25) is 0 Å². The molecule has 5 aromatic rings. The van der Waals surface area contributed by atoms with E-state index in [1.807, 2.05) is 67.6 Å². The van der Waals surface area contributed by atoms with Crippen molar-refractivity contribution in [2.75, 3.05) is 0 Å². The summed E-state index contributed by atoms with van der Waals surface area (Å²) >= 11 is 0. The minimum Gasteiger partial charge on any atom is -0.456 e. The smallest absolute Gasteiger partial charge is 0.456 e. The van der Waals surface area contributed by atoms with Crippen LogP contribution >= 0.6 is 0 Å². The summed E-state index contributed by atoms with van der Waals surface area (Å²) in [4.78, 5) is 20.0. The van der Waals surface area contributed by atoms with Gasteiger partial charge in [0.25, 0.3) is 0 Å². The maximum atomic E-state index is 12.3. The van der Waals surface area contributed by atoms with E-state index < -0.39 is 13.2 Å². The van der Waals surface area contributed by atoms with Gasteiger partial charge in [-0.25, -0.2) is 14.8 Å². The van der Waals surface area contributed by atoms with Gasteiger partial charge < -0.3 is 26.4 Å². The number of carbonyl (C=O) groups excluding carboxylic acids is 1. The van der Waals surface area contributed by atoms with Gasteiger partial charge in [-0.05, 0) is 49.4 Å². The van der Waals surface area contributed by atoms with E-state index in [2.05, 4.69) is 11.1 Å². The Labute approximate surface area is 215 Å². The lowest BCUT2D eigenvalue weighted by Gasteiger charge is -2.06. The topological polar surface area (TPSA) is 65.9 Å². The van der Waals surface area contributed by atoms with Crippen molar-refractivity contribution in [2.24, 2.45) is 4.99 Å². The molecule has 10 heteroatoms. The maximum Gasteiger partial charge on any atom is 0.673 e. The fourth-order valence-electron chi connectivity index (χ4n) is 3.53. The SMILES string of the molecule is Cc1ccc2oc(-c3ccccc3)cc(=Nc3ccc(OC(=O)c4ccc[nH+]c4)cc3)c2c1.F[B-](F)(F)F. The van der Waals surface area contributed by atoms with Crippen molar-refractivity contribution in [3.63, 3.8) is 0 Å². The fraction of sp³-hybridized carbons (Fsp3) is 0.0357. The van der Waals surface area contributed by atoms with Gasteiger partial charge in [0, 0.05) is 23.1 Å². The summed E-state index contributed by atoms with van der Waals surface area (Å²) in [6, 6.07) is 28.6. The second-order valence-electron chi connectivity index (χ2n) is 8.14. The number of halogens is 4. The van der Waals surface area contributed by atoms with Crippen LogP contribution in [0.25, 0.3) is 22.3 Å². The van der Waals surface area contributed by atoms with E-state index in [1.54, 1.807) is 36.7 Å². The molecule has 0 saturated carbocycles. The molecule has 0 radical (unpaired) electrons. The zero-order valence-electron chi connectivity index (χ0n) is 20.1. The van der Waals surface area contributed by atoms with Crippen molar-refractivity contribution in [1.29, 1.82) is 0 Å². The number of aromatic amines is 1. The van der Waals surface area contributed by atoms with Gasteiger partial charge in [-0.3, -0.25) is 0 Å². The number of carbonyl (C=O) groups is 1. The predicted molar refractivity (Wildman–Crippen MR) is 136 cm³/mol. The van der Waals surface area contributed by atoms with Crippen molar-refractivity contribution in [2.45, 2.75) is 6.92 Å². The molecule has 2 heterocycles. The Hall–Kier alpha value is -4.73. The molecular formula is C28H21BF4N2O3. The molecule has 38 heavy (non-hydrogen) atoms.